The SMILES string of the molecule is CC(C)Cc1ccc([C@H](C)C(=O)[O-])cc1.CC12CC3CC(C)(C1)CC([NH3+])(C3)C2. The largest absolute Gasteiger partial charge is 0.550 e. The molecule has 0 radical (unpaired) electrons. The summed E-state index contributed by atoms with van der Waals surface area (Å²) < 4.78 is 0. The molecule has 0 aromatic heterocycles. The standard InChI is InChI=1S/C13H18O2.C12H21N/c1-9(2)8-11-4-6-12(7-5-11)10(3)13(14)15;1-10-3-9-4-11(2,6-10)8-12(13,5-9)7-10/h4-7,9-10H,8H2,1-3H3,(H,14,15);9H,3-8,13H2,1-2H3/t10-;/m0./s1. The summed E-state index contributed by atoms with van der Waals surface area (Å²) in [7, 11) is 0. The predicted octanol–water partition coefficient (Wildman–Crippen LogP) is 3.72. The van der Waals surface area contributed by atoms with E-state index in [4.69, 9.17) is 0 Å². The summed E-state index contributed by atoms with van der Waals surface area (Å²) in [6.45, 7) is 11.0. The van der Waals surface area contributed by atoms with E-state index >= 15 is 0 Å². The number of carbonyl (C=O) groups excluding carboxylic acids is 1. The van der Waals surface area contributed by atoms with Crippen LogP contribution in [0.4, 0.5) is 0 Å². The van der Waals surface area contributed by atoms with E-state index in [1.54, 1.807) is 6.92 Å². The van der Waals surface area contributed by atoms with Gasteiger partial charge in [-0.25, -0.2) is 0 Å². The molecule has 3 nitrogen and oxygen atoms in total. The van der Waals surface area contributed by atoms with Crippen LogP contribution in [-0.4, -0.2) is 11.5 Å². The van der Waals surface area contributed by atoms with Crippen LogP contribution in [0.15, 0.2) is 24.3 Å². The lowest BCUT2D eigenvalue weighted by Gasteiger charge is -2.62. The second kappa shape index (κ2) is 7.48. The van der Waals surface area contributed by atoms with Crippen LogP contribution in [0.25, 0.3) is 0 Å². The molecule has 4 fully saturated rings. The van der Waals surface area contributed by atoms with Crippen molar-refractivity contribution in [3.05, 3.63) is 35.4 Å². The fraction of sp³-hybridized carbons (Fsp3) is 0.720. The van der Waals surface area contributed by atoms with Crippen LogP contribution in [-0.2, 0) is 11.2 Å². The summed E-state index contributed by atoms with van der Waals surface area (Å²) in [6.07, 6.45) is 9.75. The number of hydrogen-bond acceptors (Lipinski definition) is 2. The van der Waals surface area contributed by atoms with Gasteiger partial charge in [-0.15, -0.1) is 0 Å². The van der Waals surface area contributed by atoms with Crippen LogP contribution < -0.4 is 10.8 Å². The van der Waals surface area contributed by atoms with E-state index in [-0.39, 0.29) is 0 Å². The molecule has 2 unspecified atom stereocenters. The minimum atomic E-state index is -1.02. The van der Waals surface area contributed by atoms with E-state index in [2.05, 4.69) is 33.4 Å². The Morgan fingerprint density at radius 3 is 1.96 bits per heavy atom. The zero-order valence-electron chi connectivity index (χ0n) is 18.5. The summed E-state index contributed by atoms with van der Waals surface area (Å²) in [4.78, 5) is 10.7. The minimum absolute atomic E-state index is 0.475. The Morgan fingerprint density at radius 1 is 1.04 bits per heavy atom. The maximum atomic E-state index is 10.7. The normalized spacial score (nSPS) is 36.8. The highest BCUT2D eigenvalue weighted by atomic mass is 16.4. The first kappa shape index (κ1) is 21.4. The van der Waals surface area contributed by atoms with E-state index in [0.717, 1.165) is 17.9 Å². The fourth-order valence-corrected chi connectivity index (χ4v) is 7.23. The molecule has 0 saturated heterocycles. The molecule has 5 rings (SSSR count). The van der Waals surface area contributed by atoms with Crippen molar-refractivity contribution >= 4 is 5.97 Å². The van der Waals surface area contributed by atoms with Crippen molar-refractivity contribution in [1.29, 1.82) is 0 Å². The van der Waals surface area contributed by atoms with E-state index in [9.17, 15) is 9.90 Å². The summed E-state index contributed by atoms with van der Waals surface area (Å²) >= 11 is 0. The predicted molar refractivity (Wildman–Crippen MR) is 111 cm³/mol. The number of hydrogen-bond donors (Lipinski definition) is 1. The van der Waals surface area contributed by atoms with Crippen LogP contribution in [0.5, 0.6) is 0 Å². The van der Waals surface area contributed by atoms with Gasteiger partial charge in [0.1, 0.15) is 0 Å². The Morgan fingerprint density at radius 2 is 1.57 bits per heavy atom. The van der Waals surface area contributed by atoms with Crippen molar-refractivity contribution in [2.45, 2.75) is 91.0 Å². The molecule has 1 aromatic rings. The van der Waals surface area contributed by atoms with Gasteiger partial charge in [-0.05, 0) is 59.5 Å². The van der Waals surface area contributed by atoms with Gasteiger partial charge in [0.25, 0.3) is 0 Å². The van der Waals surface area contributed by atoms with Gasteiger partial charge >= 0.3 is 0 Å². The third kappa shape index (κ3) is 4.79. The van der Waals surface area contributed by atoms with Crippen molar-refractivity contribution in [3.8, 4) is 0 Å². The molecule has 4 aliphatic carbocycles. The monoisotopic (exact) mass is 385 g/mol. The van der Waals surface area contributed by atoms with E-state index in [0.29, 0.717) is 22.3 Å². The Hall–Kier alpha value is -1.35. The Balaban J connectivity index is 0.000000162. The fourth-order valence-electron chi connectivity index (χ4n) is 7.23. The number of aliphatic carboxylic acids is 1. The summed E-state index contributed by atoms with van der Waals surface area (Å²) in [5.74, 6) is 0.0860. The number of carboxylic acids is 1. The van der Waals surface area contributed by atoms with Gasteiger partial charge in [0.05, 0.1) is 5.54 Å². The highest BCUT2D eigenvalue weighted by Crippen LogP contribution is 2.64. The summed E-state index contributed by atoms with van der Waals surface area (Å²) in [5, 5.41) is 10.7. The molecule has 3 N–H and O–H groups in total. The Kier molecular flexibility index (Phi) is 5.71. The molecule has 1 aromatic carbocycles. The molecule has 3 heteroatoms. The third-order valence-electron chi connectivity index (χ3n) is 7.22. The minimum Gasteiger partial charge on any atom is -0.550 e. The van der Waals surface area contributed by atoms with Crippen LogP contribution >= 0.6 is 0 Å². The maximum Gasteiger partial charge on any atom is 0.0959 e. The molecule has 4 aliphatic rings. The highest BCUT2D eigenvalue weighted by molar-refractivity contribution is 5.73. The van der Waals surface area contributed by atoms with Crippen LogP contribution in [0.2, 0.25) is 0 Å². The smallest absolute Gasteiger partial charge is 0.0959 e. The first-order chi connectivity index (χ1) is 12.9. The van der Waals surface area contributed by atoms with Crippen LogP contribution in [0.3, 0.4) is 0 Å². The molecule has 0 amide bonds. The molecule has 3 atom stereocenters. The summed E-state index contributed by atoms with van der Waals surface area (Å²) in [5.41, 5.74) is 8.38. The van der Waals surface area contributed by atoms with Gasteiger partial charge in [-0.1, -0.05) is 58.9 Å². The molecular weight excluding hydrogens is 346 g/mol. The number of quaternary nitrogens is 1. The number of benzene rings is 1. The maximum absolute atomic E-state index is 10.7. The third-order valence-corrected chi connectivity index (χ3v) is 7.22. The van der Waals surface area contributed by atoms with Gasteiger partial charge < -0.3 is 15.6 Å². The number of rotatable bonds is 4. The number of carbonyl (C=O) groups is 1. The topological polar surface area (TPSA) is 67.8 Å². The summed E-state index contributed by atoms with van der Waals surface area (Å²) in [6, 6.07) is 7.74. The van der Waals surface area contributed by atoms with Gasteiger partial charge in [0.15, 0.2) is 0 Å². The molecule has 4 saturated carbocycles. The highest BCUT2D eigenvalue weighted by Gasteiger charge is 2.60. The quantitative estimate of drug-likeness (QED) is 0.858. The molecular formula is C25H39NO2. The lowest BCUT2D eigenvalue weighted by atomic mass is 9.43. The van der Waals surface area contributed by atoms with E-state index in [1.165, 1.54) is 44.1 Å². The van der Waals surface area contributed by atoms with Gasteiger partial charge in [-0.3, -0.25) is 0 Å². The molecule has 0 aliphatic heterocycles. The molecule has 0 heterocycles. The van der Waals surface area contributed by atoms with Crippen LogP contribution in [0.1, 0.15) is 90.2 Å². The van der Waals surface area contributed by atoms with Crippen molar-refractivity contribution in [2.75, 3.05) is 0 Å². The molecule has 28 heavy (non-hydrogen) atoms. The van der Waals surface area contributed by atoms with Gasteiger partial charge in [-0.2, -0.15) is 0 Å². The number of carboxylic acid groups (broad SMARTS) is 1. The van der Waals surface area contributed by atoms with Crippen LogP contribution in [0, 0.1) is 22.7 Å². The zero-order chi connectivity index (χ0) is 20.7. The second-order valence-electron chi connectivity index (χ2n) is 11.5. The second-order valence-corrected chi connectivity index (χ2v) is 11.5. The van der Waals surface area contributed by atoms with Gasteiger partial charge in [0, 0.05) is 31.1 Å². The first-order valence-corrected chi connectivity index (χ1v) is 11.1. The van der Waals surface area contributed by atoms with Gasteiger partial charge in [0.2, 0.25) is 0 Å². The van der Waals surface area contributed by atoms with Crippen molar-refractivity contribution in [2.24, 2.45) is 22.7 Å². The zero-order valence-corrected chi connectivity index (χ0v) is 18.5. The first-order valence-electron chi connectivity index (χ1n) is 11.1. The lowest BCUT2D eigenvalue weighted by Crippen LogP contribution is -2.80. The molecule has 0 spiro atoms. The lowest BCUT2D eigenvalue weighted by molar-refractivity contribution is -0.514. The van der Waals surface area contributed by atoms with E-state index < -0.39 is 11.9 Å². The average Bonchev–Trinajstić information content (AvgIpc) is 2.50. The molecule has 156 valence electrons. The van der Waals surface area contributed by atoms with Crippen molar-refractivity contribution in [3.63, 3.8) is 0 Å². The van der Waals surface area contributed by atoms with Crippen molar-refractivity contribution < 1.29 is 15.6 Å². The Labute approximate surface area is 171 Å². The average molecular weight is 386 g/mol. The molecule has 4 bridgehead atoms. The Bertz CT molecular complexity index is 657. The van der Waals surface area contributed by atoms with E-state index in [1.807, 2.05) is 24.3 Å². The van der Waals surface area contributed by atoms with Crippen molar-refractivity contribution in [1.82, 2.24) is 0 Å².